The molecule has 148 valence electrons. The van der Waals surface area contributed by atoms with Crippen molar-refractivity contribution in [1.29, 1.82) is 0 Å². The largest absolute Gasteiger partial charge is 0.465 e. The topological polar surface area (TPSA) is 78.9 Å². The predicted molar refractivity (Wildman–Crippen MR) is 109 cm³/mol. The average molecular weight is 421 g/mol. The lowest BCUT2D eigenvalue weighted by Crippen LogP contribution is -2.07. The van der Waals surface area contributed by atoms with E-state index in [9.17, 15) is 9.59 Å². The van der Waals surface area contributed by atoms with Crippen molar-refractivity contribution in [1.82, 2.24) is 0 Å². The van der Waals surface area contributed by atoms with Gasteiger partial charge in [-0.05, 0) is 55.0 Å². The maximum absolute atomic E-state index is 12.7. The van der Waals surface area contributed by atoms with Crippen LogP contribution >= 0.6 is 11.6 Å². The fourth-order valence-corrected chi connectivity index (χ4v) is 3.49. The average Bonchev–Trinajstić information content (AvgIpc) is 3.41. The zero-order chi connectivity index (χ0) is 20.8. The van der Waals surface area contributed by atoms with E-state index in [1.165, 1.54) is 18.4 Å². The molecular weight excluding hydrogens is 408 g/mol. The Balaban J connectivity index is 1.42. The number of rotatable bonds is 3. The van der Waals surface area contributed by atoms with Crippen LogP contribution in [0.5, 0.6) is 11.5 Å². The van der Waals surface area contributed by atoms with Gasteiger partial charge in [0.1, 0.15) is 22.8 Å². The van der Waals surface area contributed by atoms with E-state index < -0.39 is 5.97 Å². The van der Waals surface area contributed by atoms with Crippen LogP contribution in [0.25, 0.3) is 17.0 Å². The van der Waals surface area contributed by atoms with Crippen molar-refractivity contribution in [2.75, 3.05) is 0 Å². The number of hydrogen-bond donors (Lipinski definition) is 0. The highest BCUT2D eigenvalue weighted by Crippen LogP contribution is 2.38. The third-order valence-corrected chi connectivity index (χ3v) is 4.89. The van der Waals surface area contributed by atoms with Gasteiger partial charge in [0, 0.05) is 22.6 Å². The Labute approximate surface area is 175 Å². The van der Waals surface area contributed by atoms with Crippen LogP contribution in [0.15, 0.2) is 69.4 Å². The van der Waals surface area contributed by atoms with Gasteiger partial charge in [0.05, 0.1) is 11.8 Å². The lowest BCUT2D eigenvalue weighted by atomic mass is 10.0. The molecule has 0 N–H and O–H groups in total. The minimum atomic E-state index is -0.669. The molecule has 30 heavy (non-hydrogen) atoms. The van der Waals surface area contributed by atoms with Gasteiger partial charge in [0.15, 0.2) is 5.76 Å². The first kappa shape index (κ1) is 18.3. The van der Waals surface area contributed by atoms with Gasteiger partial charge in [-0.3, -0.25) is 4.79 Å². The van der Waals surface area contributed by atoms with Crippen LogP contribution in [0, 0.1) is 6.92 Å². The van der Waals surface area contributed by atoms with Gasteiger partial charge in [-0.2, -0.15) is 0 Å². The standard InChI is InChI=1S/C23H13ClO6/c1-12-7-16(28-23(26)20-9-13-8-14(24)4-5-17(13)29-20)11-18-21(12)22(25)19(30-18)10-15-3-2-6-27-15/h2-11H,1H3/b19-10-. The number of halogens is 1. The molecule has 0 saturated heterocycles. The third kappa shape index (κ3) is 3.17. The van der Waals surface area contributed by atoms with Crippen molar-refractivity contribution >= 4 is 40.4 Å². The van der Waals surface area contributed by atoms with Gasteiger partial charge in [-0.25, -0.2) is 4.79 Å². The van der Waals surface area contributed by atoms with E-state index in [1.807, 2.05) is 0 Å². The summed E-state index contributed by atoms with van der Waals surface area (Å²) in [5.74, 6) is 0.309. The molecule has 0 radical (unpaired) electrons. The lowest BCUT2D eigenvalue weighted by molar-refractivity contribution is 0.0703. The first-order valence-electron chi connectivity index (χ1n) is 9.01. The summed E-state index contributed by atoms with van der Waals surface area (Å²) in [7, 11) is 0. The summed E-state index contributed by atoms with van der Waals surface area (Å²) < 4.78 is 21.9. The van der Waals surface area contributed by atoms with Gasteiger partial charge in [0.25, 0.3) is 0 Å². The number of fused-ring (bicyclic) bond motifs is 2. The highest BCUT2D eigenvalue weighted by atomic mass is 35.5. The second kappa shape index (κ2) is 6.93. The number of aryl methyl sites for hydroxylation is 1. The fraction of sp³-hybridized carbons (Fsp3) is 0.0435. The van der Waals surface area contributed by atoms with E-state index in [1.54, 1.807) is 49.4 Å². The summed E-state index contributed by atoms with van der Waals surface area (Å²) in [5.41, 5.74) is 1.57. The number of allylic oxidation sites excluding steroid dienone is 1. The van der Waals surface area contributed by atoms with Gasteiger partial charge >= 0.3 is 5.97 Å². The molecule has 4 aromatic rings. The van der Waals surface area contributed by atoms with Crippen molar-refractivity contribution < 1.29 is 27.9 Å². The van der Waals surface area contributed by atoms with Crippen LogP contribution in [0.4, 0.5) is 0 Å². The van der Waals surface area contributed by atoms with Crippen molar-refractivity contribution in [3.05, 3.63) is 88.2 Å². The SMILES string of the molecule is Cc1cc(OC(=O)c2cc3cc(Cl)ccc3o2)cc2c1C(=O)/C(=C/c1ccco1)O2. The normalized spacial score (nSPS) is 14.2. The molecule has 0 amide bonds. The van der Waals surface area contributed by atoms with Crippen LogP contribution in [0.1, 0.15) is 32.2 Å². The van der Waals surface area contributed by atoms with Crippen molar-refractivity contribution in [2.45, 2.75) is 6.92 Å². The molecule has 0 fully saturated rings. The second-order valence-corrected chi connectivity index (χ2v) is 7.19. The molecule has 6 nitrogen and oxygen atoms in total. The minimum Gasteiger partial charge on any atom is -0.465 e. The molecular formula is C23H13ClO6. The highest BCUT2D eigenvalue weighted by Gasteiger charge is 2.30. The van der Waals surface area contributed by atoms with E-state index in [4.69, 9.17) is 29.9 Å². The van der Waals surface area contributed by atoms with Gasteiger partial charge in [-0.1, -0.05) is 11.6 Å². The summed E-state index contributed by atoms with van der Waals surface area (Å²) in [6, 6.07) is 13.2. The summed E-state index contributed by atoms with van der Waals surface area (Å²) in [5, 5.41) is 1.24. The van der Waals surface area contributed by atoms with E-state index >= 15 is 0 Å². The number of hydrogen-bond acceptors (Lipinski definition) is 6. The van der Waals surface area contributed by atoms with Crippen LogP contribution in [0.2, 0.25) is 5.02 Å². The first-order valence-corrected chi connectivity index (χ1v) is 9.39. The Morgan fingerprint density at radius 2 is 2.00 bits per heavy atom. The van der Waals surface area contributed by atoms with Gasteiger partial charge in [0.2, 0.25) is 11.5 Å². The number of furan rings is 2. The summed E-state index contributed by atoms with van der Waals surface area (Å²) in [6.45, 7) is 1.75. The predicted octanol–water partition coefficient (Wildman–Crippen LogP) is 5.82. The highest BCUT2D eigenvalue weighted by molar-refractivity contribution is 6.31. The van der Waals surface area contributed by atoms with E-state index in [0.29, 0.717) is 38.6 Å². The molecule has 0 unspecified atom stereocenters. The Morgan fingerprint density at radius 1 is 1.13 bits per heavy atom. The zero-order valence-electron chi connectivity index (χ0n) is 15.6. The molecule has 2 aromatic carbocycles. The molecule has 0 bridgehead atoms. The smallest absolute Gasteiger partial charge is 0.379 e. The molecule has 0 saturated carbocycles. The van der Waals surface area contributed by atoms with Gasteiger partial charge < -0.3 is 18.3 Å². The van der Waals surface area contributed by atoms with E-state index in [0.717, 1.165) is 0 Å². The number of benzene rings is 2. The number of ketones is 1. The number of Topliss-reactive ketones (excluding diaryl/α,β-unsaturated/α-hetero) is 1. The van der Waals surface area contributed by atoms with Crippen molar-refractivity contribution in [3.8, 4) is 11.5 Å². The summed E-state index contributed by atoms with van der Waals surface area (Å²) >= 11 is 5.97. The molecule has 5 rings (SSSR count). The molecule has 2 aromatic heterocycles. The molecule has 0 aliphatic carbocycles. The van der Waals surface area contributed by atoms with Crippen LogP contribution < -0.4 is 9.47 Å². The number of carbonyl (C=O) groups is 2. The lowest BCUT2D eigenvalue weighted by Gasteiger charge is -2.06. The first-order chi connectivity index (χ1) is 14.5. The maximum Gasteiger partial charge on any atom is 0.379 e. The summed E-state index contributed by atoms with van der Waals surface area (Å²) in [6.07, 6.45) is 3.03. The van der Waals surface area contributed by atoms with Gasteiger partial charge in [-0.15, -0.1) is 0 Å². The second-order valence-electron chi connectivity index (χ2n) is 6.75. The summed E-state index contributed by atoms with van der Waals surface area (Å²) in [4.78, 5) is 25.2. The molecule has 3 heterocycles. The van der Waals surface area contributed by atoms with Crippen LogP contribution in [-0.4, -0.2) is 11.8 Å². The quantitative estimate of drug-likeness (QED) is 0.236. The number of ether oxygens (including phenoxy) is 2. The minimum absolute atomic E-state index is 0.0424. The van der Waals surface area contributed by atoms with E-state index in [2.05, 4.69) is 0 Å². The fourth-order valence-electron chi connectivity index (χ4n) is 3.31. The third-order valence-electron chi connectivity index (χ3n) is 4.65. The molecule has 1 aliphatic heterocycles. The maximum atomic E-state index is 12.7. The zero-order valence-corrected chi connectivity index (χ0v) is 16.4. The van der Waals surface area contributed by atoms with Crippen LogP contribution in [0.3, 0.4) is 0 Å². The number of carbonyl (C=O) groups excluding carboxylic acids is 2. The Hall–Kier alpha value is -3.77. The molecule has 1 aliphatic rings. The van der Waals surface area contributed by atoms with Crippen LogP contribution in [-0.2, 0) is 0 Å². The Kier molecular flexibility index (Phi) is 4.22. The monoisotopic (exact) mass is 420 g/mol. The molecule has 0 atom stereocenters. The van der Waals surface area contributed by atoms with Crippen molar-refractivity contribution in [3.63, 3.8) is 0 Å². The molecule has 7 heteroatoms. The van der Waals surface area contributed by atoms with Crippen molar-refractivity contribution in [2.24, 2.45) is 0 Å². The number of esters is 1. The van der Waals surface area contributed by atoms with E-state index in [-0.39, 0.29) is 23.1 Å². The Bertz CT molecular complexity index is 1340. The molecule has 0 spiro atoms. The Morgan fingerprint density at radius 3 is 2.80 bits per heavy atom.